The Balaban J connectivity index is 0.000000681. The number of carbonyl (C=O) groups excluding carboxylic acids is 2. The van der Waals surface area contributed by atoms with Gasteiger partial charge in [0.2, 0.25) is 17.8 Å². The van der Waals surface area contributed by atoms with Crippen LogP contribution in [0.4, 0.5) is 11.8 Å². The first-order valence-corrected chi connectivity index (χ1v) is 14.5. The molecular weight excluding hydrogens is 538 g/mol. The highest BCUT2D eigenvalue weighted by molar-refractivity contribution is 7.85. The van der Waals surface area contributed by atoms with Crippen LogP contribution < -0.4 is 20.1 Å². The first-order valence-electron chi connectivity index (χ1n) is 12.6. The number of anilines is 2. The maximum atomic E-state index is 13.4. The van der Waals surface area contributed by atoms with Crippen molar-refractivity contribution in [3.63, 3.8) is 0 Å². The van der Waals surface area contributed by atoms with Gasteiger partial charge in [-0.25, -0.2) is 4.98 Å². The van der Waals surface area contributed by atoms with Crippen molar-refractivity contribution in [1.29, 1.82) is 0 Å². The minimum Gasteiger partial charge on any atom is -0.493 e. The summed E-state index contributed by atoms with van der Waals surface area (Å²) in [6.45, 7) is 3.09. The molecule has 2 aliphatic heterocycles. The second kappa shape index (κ2) is 11.3. The minimum atomic E-state index is -3.67. The summed E-state index contributed by atoms with van der Waals surface area (Å²) in [5, 5.41) is 0.690. The van der Waals surface area contributed by atoms with Gasteiger partial charge in [-0.05, 0) is 31.4 Å². The zero-order valence-corrected chi connectivity index (χ0v) is 23.6. The molecule has 1 unspecified atom stereocenters. The molecule has 5 rings (SSSR count). The number of carbonyl (C=O) groups is 2. The molecule has 0 spiro atoms. The maximum absolute atomic E-state index is 13.4. The van der Waals surface area contributed by atoms with Gasteiger partial charge in [-0.2, -0.15) is 13.4 Å². The molecule has 3 aromatic rings. The van der Waals surface area contributed by atoms with Gasteiger partial charge in [-0.15, -0.1) is 0 Å². The van der Waals surface area contributed by atoms with E-state index in [9.17, 15) is 18.0 Å². The van der Waals surface area contributed by atoms with Crippen molar-refractivity contribution in [2.24, 2.45) is 0 Å². The van der Waals surface area contributed by atoms with Crippen molar-refractivity contribution in [1.82, 2.24) is 14.9 Å². The van der Waals surface area contributed by atoms with E-state index in [0.29, 0.717) is 66.4 Å². The van der Waals surface area contributed by atoms with Gasteiger partial charge >= 0.3 is 0 Å². The predicted molar refractivity (Wildman–Crippen MR) is 150 cm³/mol. The number of rotatable bonds is 5. The number of piperidine rings is 1. The molecule has 3 heterocycles. The fourth-order valence-electron chi connectivity index (χ4n) is 5.18. The highest BCUT2D eigenvalue weighted by Crippen LogP contribution is 2.39. The number of nitrogens with zero attached hydrogens (tertiary/aromatic N) is 4. The summed E-state index contributed by atoms with van der Waals surface area (Å²) < 4.78 is 36.6. The van der Waals surface area contributed by atoms with Crippen LogP contribution in [-0.4, -0.2) is 79.3 Å². The highest BCUT2D eigenvalue weighted by Gasteiger charge is 2.51. The Hall–Kier alpha value is -3.97. The molecule has 2 aliphatic rings. The van der Waals surface area contributed by atoms with Crippen LogP contribution in [0.2, 0.25) is 0 Å². The number of hydrogen-bond donors (Lipinski definition) is 2. The predicted octanol–water partition coefficient (Wildman–Crippen LogP) is 2.42. The number of nitrogen functional groups attached to an aromatic ring is 1. The molecule has 2 amide bonds. The summed E-state index contributed by atoms with van der Waals surface area (Å²) in [5.41, 5.74) is 6.98. The molecule has 0 bridgehead atoms. The lowest BCUT2D eigenvalue weighted by atomic mass is 9.81. The van der Waals surface area contributed by atoms with Crippen LogP contribution in [-0.2, 0) is 25.1 Å². The minimum absolute atomic E-state index is 0.105. The van der Waals surface area contributed by atoms with E-state index >= 15 is 0 Å². The molecule has 0 radical (unpaired) electrons. The van der Waals surface area contributed by atoms with E-state index in [-0.39, 0.29) is 24.3 Å². The van der Waals surface area contributed by atoms with Gasteiger partial charge < -0.3 is 20.1 Å². The molecule has 1 aromatic heterocycles. The van der Waals surface area contributed by atoms with E-state index in [1.165, 1.54) is 4.90 Å². The summed E-state index contributed by atoms with van der Waals surface area (Å²) in [5.74, 6) is 1.79. The Kier molecular flexibility index (Phi) is 8.17. The number of hydrogen-bond acceptors (Lipinski definition) is 10. The van der Waals surface area contributed by atoms with Crippen LogP contribution in [0.3, 0.4) is 0 Å². The van der Waals surface area contributed by atoms with E-state index in [0.717, 1.165) is 5.56 Å². The molecule has 3 N–H and O–H groups in total. The van der Waals surface area contributed by atoms with Gasteiger partial charge in [0.15, 0.2) is 11.5 Å². The van der Waals surface area contributed by atoms with E-state index in [1.807, 2.05) is 42.2 Å². The second-order valence-corrected chi connectivity index (χ2v) is 11.5. The first kappa shape index (κ1) is 29.0. The number of ether oxygens (including phenoxy) is 2. The average molecular weight is 572 g/mol. The van der Waals surface area contributed by atoms with Crippen LogP contribution in [0.25, 0.3) is 10.9 Å². The van der Waals surface area contributed by atoms with Crippen LogP contribution in [0, 0.1) is 0 Å². The lowest BCUT2D eigenvalue weighted by Gasteiger charge is -2.36. The Morgan fingerprint density at radius 1 is 1.02 bits per heavy atom. The second-order valence-electron chi connectivity index (χ2n) is 10.0. The van der Waals surface area contributed by atoms with E-state index in [2.05, 4.69) is 4.98 Å². The summed E-state index contributed by atoms with van der Waals surface area (Å²) in [6, 6.07) is 13.0. The van der Waals surface area contributed by atoms with Crippen molar-refractivity contribution < 1.29 is 32.0 Å². The van der Waals surface area contributed by atoms with Gasteiger partial charge in [-0.3, -0.25) is 19.0 Å². The summed E-state index contributed by atoms with van der Waals surface area (Å²) in [6.07, 6.45) is 2.21. The van der Waals surface area contributed by atoms with Crippen LogP contribution in [0.15, 0.2) is 42.5 Å². The van der Waals surface area contributed by atoms with Crippen LogP contribution >= 0.6 is 0 Å². The molecule has 2 aromatic carbocycles. The van der Waals surface area contributed by atoms with Gasteiger partial charge in [0.25, 0.3) is 10.1 Å². The summed E-state index contributed by atoms with van der Waals surface area (Å²) in [4.78, 5) is 39.2. The third kappa shape index (κ3) is 5.94. The van der Waals surface area contributed by atoms with E-state index < -0.39 is 15.5 Å². The summed E-state index contributed by atoms with van der Waals surface area (Å²) in [7, 11) is -0.527. The molecule has 12 nitrogen and oxygen atoms in total. The van der Waals surface area contributed by atoms with Gasteiger partial charge in [0.1, 0.15) is 5.82 Å². The SMILES string of the molecule is COc1cc2nc(N3CCC(N4C(=O)CC(C)(c5ccccc5)C4=O)CC3)nc(N)c2cc1OC.CS(=O)(=O)O. The largest absolute Gasteiger partial charge is 0.493 e. The Morgan fingerprint density at radius 3 is 2.17 bits per heavy atom. The number of aromatic nitrogens is 2. The van der Waals surface area contributed by atoms with E-state index in [1.54, 1.807) is 26.4 Å². The van der Waals surface area contributed by atoms with Gasteiger partial charge in [0.05, 0.1) is 31.4 Å². The van der Waals surface area contributed by atoms with Crippen LogP contribution in [0.1, 0.15) is 31.7 Å². The molecule has 214 valence electrons. The molecule has 40 heavy (non-hydrogen) atoms. The Bertz CT molecular complexity index is 1520. The number of nitrogens with two attached hydrogens (primary N) is 1. The molecular formula is C27H33N5O7S. The lowest BCUT2D eigenvalue weighted by Crippen LogP contribution is -2.49. The van der Waals surface area contributed by atoms with Crippen molar-refractivity contribution >= 4 is 44.6 Å². The van der Waals surface area contributed by atoms with E-state index in [4.69, 9.17) is 24.7 Å². The van der Waals surface area contributed by atoms with Gasteiger partial charge in [-0.1, -0.05) is 30.3 Å². The zero-order valence-electron chi connectivity index (χ0n) is 22.8. The monoisotopic (exact) mass is 571 g/mol. The standard InChI is InChI=1S/C26H29N5O4.CH4O3S/c1-26(16-7-5-4-6-8-16)15-22(32)31(24(26)33)17-9-11-30(12-10-17)25-28-19-14-21(35-3)20(34-2)13-18(19)23(27)29-25;1-5(2,3)4/h4-8,13-14,17H,9-12,15H2,1-3H3,(H2,27,28,29);1H3,(H,2,3,4). The number of fused-ring (bicyclic) bond motifs is 1. The van der Waals surface area contributed by atoms with Crippen LogP contribution in [0.5, 0.6) is 11.5 Å². The van der Waals surface area contributed by atoms with Crippen molar-refractivity contribution in [3.05, 3.63) is 48.0 Å². The number of imide groups is 1. The summed E-state index contributed by atoms with van der Waals surface area (Å²) >= 11 is 0. The van der Waals surface area contributed by atoms with Crippen molar-refractivity contribution in [3.8, 4) is 11.5 Å². The molecule has 2 saturated heterocycles. The number of likely N-dealkylation sites (tertiary alicyclic amines) is 1. The molecule has 0 saturated carbocycles. The number of methoxy groups -OCH3 is 2. The third-order valence-corrected chi connectivity index (χ3v) is 7.21. The Morgan fingerprint density at radius 2 is 1.60 bits per heavy atom. The quantitative estimate of drug-likeness (QED) is 0.341. The first-order chi connectivity index (χ1) is 18.9. The third-order valence-electron chi connectivity index (χ3n) is 7.21. The normalized spacial score (nSPS) is 19.9. The number of amides is 2. The zero-order chi connectivity index (χ0) is 29.2. The molecule has 2 fully saturated rings. The Labute approximate surface area is 232 Å². The molecule has 13 heteroatoms. The maximum Gasteiger partial charge on any atom is 0.261 e. The molecule has 1 atom stereocenters. The van der Waals surface area contributed by atoms with Gasteiger partial charge in [0, 0.05) is 37.0 Å². The lowest BCUT2D eigenvalue weighted by molar-refractivity contribution is -0.142. The topological polar surface area (TPSA) is 165 Å². The van der Waals surface area contributed by atoms with Crippen molar-refractivity contribution in [2.75, 3.05) is 44.2 Å². The fourth-order valence-corrected chi connectivity index (χ4v) is 5.18. The number of benzene rings is 2. The smallest absolute Gasteiger partial charge is 0.261 e. The fraction of sp³-hybridized carbons (Fsp3) is 0.407. The molecule has 0 aliphatic carbocycles. The highest BCUT2D eigenvalue weighted by atomic mass is 32.2. The van der Waals surface area contributed by atoms with Crippen molar-refractivity contribution in [2.45, 2.75) is 37.6 Å². The average Bonchev–Trinajstić information content (AvgIpc) is 3.15.